The van der Waals surface area contributed by atoms with Gasteiger partial charge in [0, 0.05) is 19.4 Å². The molecule has 1 fully saturated rings. The summed E-state index contributed by atoms with van der Waals surface area (Å²) in [7, 11) is 0. The molecule has 332 valence electrons. The van der Waals surface area contributed by atoms with Gasteiger partial charge in [-0.05, 0) is 57.3 Å². The highest BCUT2D eigenvalue weighted by atomic mass is 16.4. The van der Waals surface area contributed by atoms with E-state index in [1.54, 1.807) is 27.7 Å². The topological polar surface area (TPSA) is 368 Å². The van der Waals surface area contributed by atoms with E-state index in [0.717, 1.165) is 0 Å². The molecule has 0 radical (unpaired) electrons. The van der Waals surface area contributed by atoms with Crippen molar-refractivity contribution in [3.63, 3.8) is 0 Å². The van der Waals surface area contributed by atoms with Gasteiger partial charge >= 0.3 is 11.9 Å². The quantitative estimate of drug-likeness (QED) is 0.0395. The first kappa shape index (κ1) is 51.1. The van der Waals surface area contributed by atoms with Gasteiger partial charge < -0.3 is 63.8 Å². The third kappa shape index (κ3) is 19.4. The second-order valence-electron chi connectivity index (χ2n) is 15.0. The predicted molar refractivity (Wildman–Crippen MR) is 207 cm³/mol. The number of carbonyl (C=O) groups is 11. The number of carbonyl (C=O) groups excluding carboxylic acids is 9. The Morgan fingerprint density at radius 2 is 1.19 bits per heavy atom. The van der Waals surface area contributed by atoms with E-state index in [-0.39, 0.29) is 56.9 Å². The van der Waals surface area contributed by atoms with E-state index in [4.69, 9.17) is 16.6 Å². The number of hydrogen-bond donors (Lipinski definition) is 11. The van der Waals surface area contributed by atoms with Crippen molar-refractivity contribution in [1.82, 2.24) is 42.1 Å². The number of hydrogen-bond acceptors (Lipinski definition) is 12. The van der Waals surface area contributed by atoms with Crippen LogP contribution in [-0.2, 0) is 52.7 Å². The summed E-state index contributed by atoms with van der Waals surface area (Å²) >= 11 is 0. The van der Waals surface area contributed by atoms with Crippen LogP contribution < -0.4 is 48.7 Å². The number of amides is 9. The summed E-state index contributed by atoms with van der Waals surface area (Å²) in [6, 6.07) is -7.27. The minimum atomic E-state index is -1.48. The van der Waals surface area contributed by atoms with Gasteiger partial charge in [0.05, 0.1) is 19.6 Å². The van der Waals surface area contributed by atoms with E-state index in [0.29, 0.717) is 6.42 Å². The van der Waals surface area contributed by atoms with E-state index >= 15 is 0 Å². The number of nitrogens with two attached hydrogens (primary N) is 2. The van der Waals surface area contributed by atoms with Gasteiger partial charge in [0.15, 0.2) is 0 Å². The fraction of sp³-hybridized carbons (Fsp3) is 0.694. The Balaban J connectivity index is 2.84. The Morgan fingerprint density at radius 1 is 0.644 bits per heavy atom. The van der Waals surface area contributed by atoms with Crippen molar-refractivity contribution in [2.24, 2.45) is 23.3 Å². The minimum absolute atomic E-state index is 0.112. The van der Waals surface area contributed by atoms with Crippen LogP contribution in [0.25, 0.3) is 0 Å². The van der Waals surface area contributed by atoms with Crippen molar-refractivity contribution in [3.8, 4) is 0 Å². The number of carboxylic acids is 2. The maximum Gasteiger partial charge on any atom is 0.326 e. The standard InChI is InChI=1S/C36H60N10O13/c1-18(2)13-23(45-33(55)21(8-10-26(38)47)42-27(48)15-37)32(54)39-16-28(49)43-24(14-19(3)4)34(56)41-20(5)31(53)40-17-29(50)46-12-6-7-25(46)35(57)44-22(36(58)59)9-11-30(51)52/h18-25H,6-17,37H2,1-5H3,(H2,38,47)(H,39,54)(H,40,53)(H,41,56)(H,42,48)(H,43,49)(H,44,57)(H,45,55)(H,51,52)(H,58,59)/t20-,21-,22-,23-,24-,25-/m0/s1. The van der Waals surface area contributed by atoms with Crippen LogP contribution in [0.4, 0.5) is 0 Å². The van der Waals surface area contributed by atoms with Crippen molar-refractivity contribution in [2.75, 3.05) is 26.2 Å². The Labute approximate surface area is 341 Å². The second kappa shape index (κ2) is 25.5. The average molecular weight is 841 g/mol. The van der Waals surface area contributed by atoms with Gasteiger partial charge in [-0.1, -0.05) is 27.7 Å². The summed E-state index contributed by atoms with van der Waals surface area (Å²) in [5, 5.41) is 35.2. The van der Waals surface area contributed by atoms with Crippen LogP contribution in [-0.4, -0.2) is 143 Å². The van der Waals surface area contributed by atoms with E-state index in [1.807, 2.05) is 0 Å². The summed E-state index contributed by atoms with van der Waals surface area (Å²) < 4.78 is 0. The van der Waals surface area contributed by atoms with Crippen molar-refractivity contribution >= 4 is 65.1 Å². The number of likely N-dealkylation sites (tertiary alicyclic amines) is 1. The number of carboxylic acid groups (broad SMARTS) is 2. The molecule has 0 aromatic rings. The van der Waals surface area contributed by atoms with Gasteiger partial charge in [0.1, 0.15) is 36.3 Å². The molecule has 1 aliphatic heterocycles. The fourth-order valence-corrected chi connectivity index (χ4v) is 5.95. The maximum atomic E-state index is 13.3. The van der Waals surface area contributed by atoms with Crippen molar-refractivity contribution in [1.29, 1.82) is 0 Å². The molecule has 0 spiro atoms. The van der Waals surface area contributed by atoms with Gasteiger partial charge in [-0.15, -0.1) is 0 Å². The number of aliphatic carboxylic acids is 2. The van der Waals surface area contributed by atoms with E-state index in [1.165, 1.54) is 11.8 Å². The van der Waals surface area contributed by atoms with Gasteiger partial charge in [0.2, 0.25) is 53.2 Å². The molecule has 13 N–H and O–H groups in total. The van der Waals surface area contributed by atoms with Crippen LogP contribution >= 0.6 is 0 Å². The highest BCUT2D eigenvalue weighted by Crippen LogP contribution is 2.18. The zero-order valence-electron chi connectivity index (χ0n) is 34.1. The largest absolute Gasteiger partial charge is 0.481 e. The minimum Gasteiger partial charge on any atom is -0.481 e. The average Bonchev–Trinajstić information content (AvgIpc) is 3.65. The molecule has 0 saturated carbocycles. The number of nitrogens with zero attached hydrogens (tertiary/aromatic N) is 1. The van der Waals surface area contributed by atoms with Crippen LogP contribution in [0.3, 0.4) is 0 Å². The van der Waals surface area contributed by atoms with E-state index in [9.17, 15) is 57.8 Å². The van der Waals surface area contributed by atoms with Crippen molar-refractivity contribution < 1.29 is 63.0 Å². The van der Waals surface area contributed by atoms with Gasteiger partial charge in [-0.3, -0.25) is 47.9 Å². The van der Waals surface area contributed by atoms with Crippen LogP contribution in [0.1, 0.15) is 86.0 Å². The molecule has 59 heavy (non-hydrogen) atoms. The maximum absolute atomic E-state index is 13.3. The molecule has 0 aliphatic carbocycles. The lowest BCUT2D eigenvalue weighted by atomic mass is 10.0. The molecule has 1 aliphatic rings. The number of nitrogens with one attached hydrogen (secondary N) is 7. The lowest BCUT2D eigenvalue weighted by Crippen LogP contribution is -2.57. The van der Waals surface area contributed by atoms with Crippen LogP contribution in [0.5, 0.6) is 0 Å². The number of rotatable bonds is 26. The smallest absolute Gasteiger partial charge is 0.326 e. The Morgan fingerprint density at radius 3 is 1.73 bits per heavy atom. The first-order chi connectivity index (χ1) is 27.5. The number of primary amides is 1. The van der Waals surface area contributed by atoms with Crippen LogP contribution in [0.2, 0.25) is 0 Å². The predicted octanol–water partition coefficient (Wildman–Crippen LogP) is -4.08. The molecular weight excluding hydrogens is 780 g/mol. The molecule has 23 nitrogen and oxygen atoms in total. The van der Waals surface area contributed by atoms with Crippen molar-refractivity contribution in [3.05, 3.63) is 0 Å². The summed E-state index contributed by atoms with van der Waals surface area (Å²) in [6.07, 6.45) is -0.370. The third-order valence-corrected chi connectivity index (χ3v) is 8.94. The first-order valence-electron chi connectivity index (χ1n) is 19.3. The van der Waals surface area contributed by atoms with Gasteiger partial charge in [-0.2, -0.15) is 0 Å². The molecule has 0 aromatic heterocycles. The molecule has 6 atom stereocenters. The first-order valence-corrected chi connectivity index (χ1v) is 19.3. The van der Waals surface area contributed by atoms with Gasteiger partial charge in [0.25, 0.3) is 0 Å². The fourth-order valence-electron chi connectivity index (χ4n) is 5.95. The summed E-state index contributed by atoms with van der Waals surface area (Å²) in [4.78, 5) is 138. The molecule has 1 heterocycles. The van der Waals surface area contributed by atoms with Crippen LogP contribution in [0.15, 0.2) is 0 Å². The third-order valence-electron chi connectivity index (χ3n) is 8.94. The summed E-state index contributed by atoms with van der Waals surface area (Å²) in [5.74, 6) is -9.55. The van der Waals surface area contributed by atoms with E-state index in [2.05, 4.69) is 37.2 Å². The molecule has 0 unspecified atom stereocenters. The molecule has 9 amide bonds. The van der Waals surface area contributed by atoms with Crippen LogP contribution in [0, 0.1) is 11.8 Å². The molecule has 1 rings (SSSR count). The zero-order chi connectivity index (χ0) is 45.0. The second-order valence-corrected chi connectivity index (χ2v) is 15.0. The summed E-state index contributed by atoms with van der Waals surface area (Å²) in [5.41, 5.74) is 10.5. The SMILES string of the molecule is CC(C)C[C@H](NC(=O)CNC(=O)[C@H](CC(C)C)NC(=O)[C@H](CCC(N)=O)NC(=O)CN)C(=O)N[C@@H](C)C(=O)NCC(=O)N1CCC[C@H]1C(=O)N[C@@H](CCC(=O)O)C(=O)O. The highest BCUT2D eigenvalue weighted by Gasteiger charge is 2.36. The lowest BCUT2D eigenvalue weighted by molar-refractivity contribution is -0.144. The molecule has 23 heteroatoms. The monoisotopic (exact) mass is 840 g/mol. The lowest BCUT2D eigenvalue weighted by Gasteiger charge is -2.26. The molecular formula is C36H60N10O13. The highest BCUT2D eigenvalue weighted by molar-refractivity contribution is 5.96. The Hall–Kier alpha value is -5.87. The normalized spacial score (nSPS) is 16.1. The van der Waals surface area contributed by atoms with E-state index < -0.39 is 127 Å². The van der Waals surface area contributed by atoms with Gasteiger partial charge in [-0.25, -0.2) is 4.79 Å². The Kier molecular flexibility index (Phi) is 22.1. The Bertz CT molecular complexity index is 1560. The summed E-state index contributed by atoms with van der Waals surface area (Å²) in [6.45, 7) is 7.02. The molecule has 1 saturated heterocycles. The zero-order valence-corrected chi connectivity index (χ0v) is 34.1. The molecule has 0 bridgehead atoms. The molecule has 0 aromatic carbocycles. The van der Waals surface area contributed by atoms with Crippen molar-refractivity contribution in [2.45, 2.75) is 122 Å².